The molecule has 66 valence electrons. The number of aliphatic hydroxyl groups is 1. The topological polar surface area (TPSA) is 20.2 Å². The Morgan fingerprint density at radius 1 is 1.36 bits per heavy atom. The molecule has 1 saturated carbocycles. The molecular weight excluding hydrogens is 136 g/mol. The molecule has 0 aromatic carbocycles. The zero-order valence-electron chi connectivity index (χ0n) is 7.93. The molecule has 1 atom stereocenters. The molecule has 0 heterocycles. The fraction of sp³-hybridized carbons (Fsp3) is 1.00. The third kappa shape index (κ3) is 2.82. The van der Waals surface area contributed by atoms with Gasteiger partial charge in [-0.3, -0.25) is 0 Å². The Hall–Kier alpha value is -0.0400. The fourth-order valence-corrected chi connectivity index (χ4v) is 1.46. The predicted molar refractivity (Wildman–Crippen MR) is 47.4 cm³/mol. The standard InChI is InChI=1S/C10H20O/c1-10(2,3)9(7-11)6-8-4-5-8/h8-9,11H,4-7H2,1-3H3/t9-/m1/s1. The van der Waals surface area contributed by atoms with Crippen molar-refractivity contribution in [3.63, 3.8) is 0 Å². The Bertz CT molecular complexity index is 119. The zero-order valence-corrected chi connectivity index (χ0v) is 7.93. The van der Waals surface area contributed by atoms with Crippen LogP contribution in [0.3, 0.4) is 0 Å². The van der Waals surface area contributed by atoms with Crippen molar-refractivity contribution < 1.29 is 5.11 Å². The molecule has 0 aromatic rings. The minimum atomic E-state index is 0.289. The normalized spacial score (nSPS) is 21.8. The summed E-state index contributed by atoms with van der Waals surface area (Å²) in [6.45, 7) is 7.02. The van der Waals surface area contributed by atoms with Gasteiger partial charge in [-0.2, -0.15) is 0 Å². The molecule has 0 unspecified atom stereocenters. The molecule has 1 nitrogen and oxygen atoms in total. The predicted octanol–water partition coefficient (Wildman–Crippen LogP) is 2.44. The summed E-state index contributed by atoms with van der Waals surface area (Å²) >= 11 is 0. The van der Waals surface area contributed by atoms with Crippen LogP contribution >= 0.6 is 0 Å². The monoisotopic (exact) mass is 156 g/mol. The van der Waals surface area contributed by atoms with Crippen molar-refractivity contribution in [1.29, 1.82) is 0 Å². The largest absolute Gasteiger partial charge is 0.396 e. The highest BCUT2D eigenvalue weighted by Crippen LogP contribution is 2.40. The van der Waals surface area contributed by atoms with Crippen molar-refractivity contribution in [3.05, 3.63) is 0 Å². The van der Waals surface area contributed by atoms with E-state index in [2.05, 4.69) is 20.8 Å². The van der Waals surface area contributed by atoms with E-state index in [-0.39, 0.29) is 5.41 Å². The van der Waals surface area contributed by atoms with E-state index in [1.807, 2.05) is 0 Å². The highest BCUT2D eigenvalue weighted by atomic mass is 16.3. The van der Waals surface area contributed by atoms with Gasteiger partial charge in [-0.25, -0.2) is 0 Å². The van der Waals surface area contributed by atoms with Crippen LogP contribution in [-0.2, 0) is 0 Å². The number of hydrogen-bond donors (Lipinski definition) is 1. The second-order valence-corrected chi connectivity index (χ2v) is 4.92. The first-order chi connectivity index (χ1) is 5.04. The molecule has 0 bridgehead atoms. The average molecular weight is 156 g/mol. The van der Waals surface area contributed by atoms with Crippen molar-refractivity contribution in [3.8, 4) is 0 Å². The van der Waals surface area contributed by atoms with E-state index in [1.165, 1.54) is 19.3 Å². The Morgan fingerprint density at radius 3 is 2.18 bits per heavy atom. The van der Waals surface area contributed by atoms with E-state index in [1.54, 1.807) is 0 Å². The van der Waals surface area contributed by atoms with Crippen molar-refractivity contribution in [1.82, 2.24) is 0 Å². The van der Waals surface area contributed by atoms with Gasteiger partial charge >= 0.3 is 0 Å². The molecule has 0 aliphatic heterocycles. The summed E-state index contributed by atoms with van der Waals surface area (Å²) < 4.78 is 0. The van der Waals surface area contributed by atoms with Crippen LogP contribution in [0, 0.1) is 17.3 Å². The molecular formula is C10H20O. The van der Waals surface area contributed by atoms with Crippen LogP contribution in [0.4, 0.5) is 0 Å². The smallest absolute Gasteiger partial charge is 0.0464 e. The first-order valence-corrected chi connectivity index (χ1v) is 4.65. The lowest BCUT2D eigenvalue weighted by Gasteiger charge is -2.28. The van der Waals surface area contributed by atoms with E-state index >= 15 is 0 Å². The molecule has 1 aliphatic rings. The molecule has 1 N–H and O–H groups in total. The summed E-state index contributed by atoms with van der Waals surface area (Å²) in [5.74, 6) is 1.45. The maximum Gasteiger partial charge on any atom is 0.0464 e. The molecule has 0 amide bonds. The Morgan fingerprint density at radius 2 is 1.91 bits per heavy atom. The van der Waals surface area contributed by atoms with Crippen LogP contribution in [0.15, 0.2) is 0 Å². The zero-order chi connectivity index (χ0) is 8.48. The molecule has 0 spiro atoms. The molecule has 0 radical (unpaired) electrons. The van der Waals surface area contributed by atoms with Crippen molar-refractivity contribution in [2.75, 3.05) is 6.61 Å². The Labute approximate surface area is 69.8 Å². The van der Waals surface area contributed by atoms with Crippen molar-refractivity contribution in [2.45, 2.75) is 40.0 Å². The van der Waals surface area contributed by atoms with Crippen molar-refractivity contribution in [2.24, 2.45) is 17.3 Å². The lowest BCUT2D eigenvalue weighted by atomic mass is 9.78. The van der Waals surface area contributed by atoms with Crippen molar-refractivity contribution >= 4 is 0 Å². The molecule has 0 aromatic heterocycles. The van der Waals surface area contributed by atoms with Gasteiger partial charge in [0.25, 0.3) is 0 Å². The summed E-state index contributed by atoms with van der Waals surface area (Å²) in [6.07, 6.45) is 4.03. The number of rotatable bonds is 3. The van der Waals surface area contributed by atoms with Crippen LogP contribution in [0.25, 0.3) is 0 Å². The van der Waals surface area contributed by atoms with Gasteiger partial charge in [-0.15, -0.1) is 0 Å². The summed E-state index contributed by atoms with van der Waals surface area (Å²) in [4.78, 5) is 0. The summed E-state index contributed by atoms with van der Waals surface area (Å²) in [5, 5.41) is 9.14. The van der Waals surface area contributed by atoms with E-state index in [4.69, 9.17) is 5.11 Å². The van der Waals surface area contributed by atoms with Crippen LogP contribution in [-0.4, -0.2) is 11.7 Å². The van der Waals surface area contributed by atoms with Gasteiger partial charge in [0, 0.05) is 6.61 Å². The second kappa shape index (κ2) is 3.14. The summed E-state index contributed by atoms with van der Waals surface area (Å²) in [5.41, 5.74) is 0.289. The van der Waals surface area contributed by atoms with Crippen LogP contribution in [0.1, 0.15) is 40.0 Å². The number of aliphatic hydroxyl groups excluding tert-OH is 1. The Balaban J connectivity index is 2.34. The van der Waals surface area contributed by atoms with Crippen LogP contribution in [0.2, 0.25) is 0 Å². The molecule has 0 saturated heterocycles. The SMILES string of the molecule is CC(C)(C)[C@@H](CO)CC1CC1. The molecule has 11 heavy (non-hydrogen) atoms. The van der Waals surface area contributed by atoms with Crippen LogP contribution in [0.5, 0.6) is 0 Å². The van der Waals surface area contributed by atoms with Gasteiger partial charge in [-0.05, 0) is 23.7 Å². The minimum Gasteiger partial charge on any atom is -0.396 e. The van der Waals surface area contributed by atoms with Gasteiger partial charge in [0.1, 0.15) is 0 Å². The third-order valence-corrected chi connectivity index (χ3v) is 2.76. The van der Waals surface area contributed by atoms with E-state index in [0.717, 1.165) is 5.92 Å². The molecule has 1 aliphatic carbocycles. The molecule has 1 fully saturated rings. The third-order valence-electron chi connectivity index (χ3n) is 2.76. The van der Waals surface area contributed by atoms with E-state index in [0.29, 0.717) is 12.5 Å². The first-order valence-electron chi connectivity index (χ1n) is 4.65. The molecule has 1 heteroatoms. The van der Waals surface area contributed by atoms with Crippen LogP contribution < -0.4 is 0 Å². The van der Waals surface area contributed by atoms with Gasteiger partial charge < -0.3 is 5.11 Å². The summed E-state index contributed by atoms with van der Waals surface area (Å²) in [7, 11) is 0. The quantitative estimate of drug-likeness (QED) is 0.665. The Kier molecular flexibility index (Phi) is 2.58. The molecule has 1 rings (SSSR count). The van der Waals surface area contributed by atoms with E-state index < -0.39 is 0 Å². The fourth-order valence-electron chi connectivity index (χ4n) is 1.46. The first kappa shape index (κ1) is 9.05. The maximum absolute atomic E-state index is 9.14. The van der Waals surface area contributed by atoms with E-state index in [9.17, 15) is 0 Å². The lowest BCUT2D eigenvalue weighted by Crippen LogP contribution is -2.24. The number of hydrogen-bond acceptors (Lipinski definition) is 1. The highest BCUT2D eigenvalue weighted by molar-refractivity contribution is 4.81. The highest BCUT2D eigenvalue weighted by Gasteiger charge is 2.31. The minimum absolute atomic E-state index is 0.289. The van der Waals surface area contributed by atoms with Gasteiger partial charge in [-0.1, -0.05) is 33.6 Å². The van der Waals surface area contributed by atoms with Gasteiger partial charge in [0.2, 0.25) is 0 Å². The lowest BCUT2D eigenvalue weighted by molar-refractivity contribution is 0.118. The van der Waals surface area contributed by atoms with Gasteiger partial charge in [0.15, 0.2) is 0 Å². The second-order valence-electron chi connectivity index (χ2n) is 4.92. The maximum atomic E-state index is 9.14. The van der Waals surface area contributed by atoms with Gasteiger partial charge in [0.05, 0.1) is 0 Å². The average Bonchev–Trinajstić information content (AvgIpc) is 2.62. The summed E-state index contributed by atoms with van der Waals surface area (Å²) in [6, 6.07) is 0.